The van der Waals surface area contributed by atoms with E-state index in [9.17, 15) is 9.90 Å². The van der Waals surface area contributed by atoms with Crippen molar-refractivity contribution in [2.45, 2.75) is 32.9 Å². The van der Waals surface area contributed by atoms with Gasteiger partial charge in [-0.1, -0.05) is 5.16 Å². The molecule has 0 bridgehead atoms. The van der Waals surface area contributed by atoms with E-state index in [0.717, 1.165) is 16.8 Å². The summed E-state index contributed by atoms with van der Waals surface area (Å²) >= 11 is 0. The summed E-state index contributed by atoms with van der Waals surface area (Å²) in [7, 11) is 0. The first-order valence-corrected chi connectivity index (χ1v) is 8.90. The number of pyridine rings is 1. The zero-order chi connectivity index (χ0) is 19.0. The van der Waals surface area contributed by atoms with Gasteiger partial charge in [0.25, 0.3) is 5.56 Å². The Labute approximate surface area is 156 Å². The van der Waals surface area contributed by atoms with Crippen LogP contribution in [0.15, 0.2) is 39.9 Å². The summed E-state index contributed by atoms with van der Waals surface area (Å²) in [6.07, 6.45) is 3.62. The molecule has 4 heterocycles. The zero-order valence-electron chi connectivity index (χ0n) is 15.3. The molecule has 0 saturated carbocycles. The SMILES string of the molecule is Cc1ccc(-c2noc(C)c2Cn2nccc(N3CC[C@@H](O)C3)c2=O)cn1. The highest BCUT2D eigenvalue weighted by Crippen LogP contribution is 2.25. The number of aryl methyl sites for hydroxylation is 2. The Morgan fingerprint density at radius 3 is 2.85 bits per heavy atom. The van der Waals surface area contributed by atoms with Crippen LogP contribution in [0, 0.1) is 13.8 Å². The van der Waals surface area contributed by atoms with E-state index in [1.54, 1.807) is 18.5 Å². The van der Waals surface area contributed by atoms with Gasteiger partial charge in [0.1, 0.15) is 17.1 Å². The van der Waals surface area contributed by atoms with Gasteiger partial charge in [0, 0.05) is 42.3 Å². The fourth-order valence-corrected chi connectivity index (χ4v) is 3.32. The lowest BCUT2D eigenvalue weighted by Crippen LogP contribution is -2.32. The second-order valence-electron chi connectivity index (χ2n) is 6.82. The highest BCUT2D eigenvalue weighted by atomic mass is 16.5. The van der Waals surface area contributed by atoms with Gasteiger partial charge in [0.2, 0.25) is 0 Å². The van der Waals surface area contributed by atoms with Gasteiger partial charge in [-0.2, -0.15) is 5.10 Å². The van der Waals surface area contributed by atoms with Gasteiger partial charge >= 0.3 is 0 Å². The highest BCUT2D eigenvalue weighted by molar-refractivity contribution is 5.62. The molecule has 1 aliphatic rings. The van der Waals surface area contributed by atoms with Crippen molar-refractivity contribution >= 4 is 5.69 Å². The predicted molar refractivity (Wildman–Crippen MR) is 99.6 cm³/mol. The molecule has 4 rings (SSSR count). The van der Waals surface area contributed by atoms with Crippen molar-refractivity contribution in [3.05, 3.63) is 58.0 Å². The van der Waals surface area contributed by atoms with E-state index in [4.69, 9.17) is 4.52 Å². The van der Waals surface area contributed by atoms with Crippen LogP contribution >= 0.6 is 0 Å². The van der Waals surface area contributed by atoms with E-state index in [-0.39, 0.29) is 12.1 Å². The van der Waals surface area contributed by atoms with E-state index in [0.29, 0.717) is 36.7 Å². The molecule has 3 aromatic heterocycles. The summed E-state index contributed by atoms with van der Waals surface area (Å²) in [5.41, 5.74) is 3.57. The minimum atomic E-state index is -0.396. The Morgan fingerprint density at radius 2 is 2.15 bits per heavy atom. The van der Waals surface area contributed by atoms with Gasteiger partial charge in [0.05, 0.1) is 12.6 Å². The second kappa shape index (κ2) is 6.96. The summed E-state index contributed by atoms with van der Waals surface area (Å²) in [5.74, 6) is 0.640. The maximum atomic E-state index is 12.9. The number of aliphatic hydroxyl groups is 1. The molecule has 1 aliphatic heterocycles. The normalized spacial score (nSPS) is 16.9. The van der Waals surface area contributed by atoms with Crippen molar-refractivity contribution in [2.75, 3.05) is 18.0 Å². The molecule has 140 valence electrons. The van der Waals surface area contributed by atoms with Gasteiger partial charge in [0.15, 0.2) is 0 Å². The van der Waals surface area contributed by atoms with Crippen LogP contribution in [0.1, 0.15) is 23.4 Å². The third-order valence-electron chi connectivity index (χ3n) is 4.87. The molecule has 0 aliphatic carbocycles. The minimum absolute atomic E-state index is 0.194. The number of anilines is 1. The van der Waals surface area contributed by atoms with Crippen LogP contribution in [0.25, 0.3) is 11.3 Å². The second-order valence-corrected chi connectivity index (χ2v) is 6.82. The molecule has 0 radical (unpaired) electrons. The van der Waals surface area contributed by atoms with E-state index >= 15 is 0 Å². The number of rotatable bonds is 4. The first kappa shape index (κ1) is 17.4. The van der Waals surface area contributed by atoms with E-state index in [2.05, 4.69) is 15.2 Å². The molecule has 27 heavy (non-hydrogen) atoms. The van der Waals surface area contributed by atoms with Crippen molar-refractivity contribution in [3.8, 4) is 11.3 Å². The summed E-state index contributed by atoms with van der Waals surface area (Å²) in [6.45, 7) is 5.11. The lowest BCUT2D eigenvalue weighted by molar-refractivity contribution is 0.198. The number of β-amino-alcohol motifs (C(OH)–C–C–N with tert-alkyl or cyclic N) is 1. The van der Waals surface area contributed by atoms with Gasteiger partial charge in [-0.3, -0.25) is 9.78 Å². The lowest BCUT2D eigenvalue weighted by atomic mass is 10.1. The van der Waals surface area contributed by atoms with Gasteiger partial charge in [-0.15, -0.1) is 0 Å². The minimum Gasteiger partial charge on any atom is -0.391 e. The average molecular weight is 367 g/mol. The molecule has 0 unspecified atom stereocenters. The predicted octanol–water partition coefficient (Wildman–Crippen LogP) is 1.53. The van der Waals surface area contributed by atoms with Crippen molar-refractivity contribution in [1.29, 1.82) is 0 Å². The lowest BCUT2D eigenvalue weighted by Gasteiger charge is -2.17. The summed E-state index contributed by atoms with van der Waals surface area (Å²) in [5, 5.41) is 18.1. The molecular formula is C19H21N5O3. The van der Waals surface area contributed by atoms with Gasteiger partial charge in [-0.05, 0) is 38.5 Å². The number of aromatic nitrogens is 4. The third-order valence-corrected chi connectivity index (χ3v) is 4.87. The Hall–Kier alpha value is -3.00. The third kappa shape index (κ3) is 3.35. The molecule has 1 N–H and O–H groups in total. The fourth-order valence-electron chi connectivity index (χ4n) is 3.32. The number of hydrogen-bond acceptors (Lipinski definition) is 7. The standard InChI is InChI=1S/C19H21N5O3/c1-12-3-4-14(9-20-12)18-16(13(2)27-22-18)11-24-19(26)17(5-7-21-24)23-8-6-15(25)10-23/h3-5,7,9,15,25H,6,8,10-11H2,1-2H3/t15-/m1/s1. The molecule has 1 atom stereocenters. The van der Waals surface area contributed by atoms with Crippen LogP contribution in [-0.2, 0) is 6.54 Å². The van der Waals surface area contributed by atoms with Crippen LogP contribution < -0.4 is 10.5 Å². The van der Waals surface area contributed by atoms with E-state index < -0.39 is 6.10 Å². The Morgan fingerprint density at radius 1 is 1.30 bits per heavy atom. The molecule has 3 aromatic rings. The molecule has 1 saturated heterocycles. The Kier molecular flexibility index (Phi) is 4.49. The molecule has 0 amide bonds. The summed E-state index contributed by atoms with van der Waals surface area (Å²) in [6, 6.07) is 5.54. The molecular weight excluding hydrogens is 346 g/mol. The molecule has 0 spiro atoms. The fraction of sp³-hybridized carbons (Fsp3) is 0.368. The molecule has 0 aromatic carbocycles. The van der Waals surface area contributed by atoms with E-state index in [1.807, 2.05) is 30.9 Å². The van der Waals surface area contributed by atoms with Crippen molar-refractivity contribution in [1.82, 2.24) is 19.9 Å². The first-order valence-electron chi connectivity index (χ1n) is 8.90. The summed E-state index contributed by atoms with van der Waals surface area (Å²) < 4.78 is 6.78. The number of aliphatic hydroxyl groups excluding tert-OH is 1. The number of hydrogen-bond donors (Lipinski definition) is 1. The van der Waals surface area contributed by atoms with Crippen LogP contribution in [0.3, 0.4) is 0 Å². The first-order chi connectivity index (χ1) is 13.0. The van der Waals surface area contributed by atoms with Crippen LogP contribution in [-0.4, -0.2) is 44.2 Å². The topological polar surface area (TPSA) is 97.3 Å². The number of nitrogens with zero attached hydrogens (tertiary/aromatic N) is 5. The smallest absolute Gasteiger partial charge is 0.290 e. The maximum absolute atomic E-state index is 12.9. The zero-order valence-corrected chi connectivity index (χ0v) is 15.3. The Bertz CT molecular complexity index is 1010. The average Bonchev–Trinajstić information content (AvgIpc) is 3.24. The quantitative estimate of drug-likeness (QED) is 0.747. The van der Waals surface area contributed by atoms with Gasteiger partial charge in [-0.25, -0.2) is 4.68 Å². The van der Waals surface area contributed by atoms with E-state index in [1.165, 1.54) is 4.68 Å². The van der Waals surface area contributed by atoms with Crippen LogP contribution in [0.5, 0.6) is 0 Å². The molecule has 1 fully saturated rings. The summed E-state index contributed by atoms with van der Waals surface area (Å²) in [4.78, 5) is 19.1. The molecule has 8 nitrogen and oxygen atoms in total. The highest BCUT2D eigenvalue weighted by Gasteiger charge is 2.24. The molecule has 8 heteroatoms. The monoisotopic (exact) mass is 367 g/mol. The van der Waals surface area contributed by atoms with Crippen LogP contribution in [0.4, 0.5) is 5.69 Å². The Balaban J connectivity index is 1.68. The van der Waals surface area contributed by atoms with Crippen molar-refractivity contribution in [2.24, 2.45) is 0 Å². The van der Waals surface area contributed by atoms with Crippen molar-refractivity contribution < 1.29 is 9.63 Å². The maximum Gasteiger partial charge on any atom is 0.290 e. The van der Waals surface area contributed by atoms with Crippen molar-refractivity contribution in [3.63, 3.8) is 0 Å². The van der Waals surface area contributed by atoms with Gasteiger partial charge < -0.3 is 14.5 Å². The largest absolute Gasteiger partial charge is 0.391 e. The van der Waals surface area contributed by atoms with Crippen LogP contribution in [0.2, 0.25) is 0 Å².